The van der Waals surface area contributed by atoms with Crippen LogP contribution < -0.4 is 10.1 Å². The quantitative estimate of drug-likeness (QED) is 0.630. The third-order valence-electron chi connectivity index (χ3n) is 4.55. The van der Waals surface area contributed by atoms with Crippen LogP contribution in [0.2, 0.25) is 0 Å². The second-order valence-electron chi connectivity index (χ2n) is 6.90. The molecule has 0 aromatic heterocycles. The number of Topliss-reactive ketones (excluding diaryl/α,β-unsaturated/α-hetero) is 1. The van der Waals surface area contributed by atoms with Crippen LogP contribution in [-0.2, 0) is 11.3 Å². The zero-order valence-corrected chi connectivity index (χ0v) is 16.4. The number of hydrogen-bond donors (Lipinski definition) is 1. The van der Waals surface area contributed by atoms with Crippen LogP contribution >= 0.6 is 0 Å². The van der Waals surface area contributed by atoms with Crippen molar-refractivity contribution in [1.82, 2.24) is 4.90 Å². The molecule has 0 spiro atoms. The molecule has 28 heavy (non-hydrogen) atoms. The van der Waals surface area contributed by atoms with Gasteiger partial charge in [0, 0.05) is 17.8 Å². The lowest BCUT2D eigenvalue weighted by Gasteiger charge is -2.17. The molecule has 0 aliphatic rings. The Bertz CT molecular complexity index is 996. The van der Waals surface area contributed by atoms with Crippen molar-refractivity contribution in [2.24, 2.45) is 0 Å². The summed E-state index contributed by atoms with van der Waals surface area (Å²) in [4.78, 5) is 25.6. The van der Waals surface area contributed by atoms with Gasteiger partial charge in [0.2, 0.25) is 5.91 Å². The van der Waals surface area contributed by atoms with E-state index in [9.17, 15) is 9.59 Å². The average Bonchev–Trinajstić information content (AvgIpc) is 2.67. The van der Waals surface area contributed by atoms with Crippen molar-refractivity contribution in [3.05, 3.63) is 71.8 Å². The fourth-order valence-corrected chi connectivity index (χ4v) is 3.10. The van der Waals surface area contributed by atoms with Crippen molar-refractivity contribution < 1.29 is 14.3 Å². The molecule has 0 atom stereocenters. The van der Waals surface area contributed by atoms with Gasteiger partial charge in [0.1, 0.15) is 5.75 Å². The van der Waals surface area contributed by atoms with Crippen molar-refractivity contribution in [3.63, 3.8) is 0 Å². The van der Waals surface area contributed by atoms with Gasteiger partial charge in [-0.25, -0.2) is 0 Å². The molecule has 5 heteroatoms. The van der Waals surface area contributed by atoms with E-state index in [1.807, 2.05) is 30.1 Å². The monoisotopic (exact) mass is 376 g/mol. The zero-order chi connectivity index (χ0) is 20.1. The third-order valence-corrected chi connectivity index (χ3v) is 4.55. The molecule has 0 bridgehead atoms. The predicted molar refractivity (Wildman–Crippen MR) is 112 cm³/mol. The first-order valence-electron chi connectivity index (χ1n) is 9.10. The maximum atomic E-state index is 12.3. The highest BCUT2D eigenvalue weighted by Crippen LogP contribution is 2.22. The fourth-order valence-electron chi connectivity index (χ4n) is 3.10. The molecule has 0 aliphatic heterocycles. The minimum Gasteiger partial charge on any atom is -0.497 e. The summed E-state index contributed by atoms with van der Waals surface area (Å²) in [5.41, 5.74) is 2.45. The molecule has 3 rings (SSSR count). The third kappa shape index (κ3) is 4.96. The Balaban J connectivity index is 1.58. The molecular weight excluding hydrogens is 352 g/mol. The number of ether oxygens (including phenoxy) is 1. The van der Waals surface area contributed by atoms with E-state index in [4.69, 9.17) is 4.74 Å². The second kappa shape index (κ2) is 8.67. The Morgan fingerprint density at radius 3 is 2.32 bits per heavy atom. The van der Waals surface area contributed by atoms with Gasteiger partial charge in [0.25, 0.3) is 0 Å². The summed E-state index contributed by atoms with van der Waals surface area (Å²) in [6.45, 7) is 2.46. The van der Waals surface area contributed by atoms with E-state index in [1.54, 1.807) is 31.4 Å². The lowest BCUT2D eigenvalue weighted by molar-refractivity contribution is -0.117. The summed E-state index contributed by atoms with van der Waals surface area (Å²) >= 11 is 0. The van der Waals surface area contributed by atoms with Gasteiger partial charge >= 0.3 is 0 Å². The maximum absolute atomic E-state index is 12.3. The van der Waals surface area contributed by atoms with Crippen molar-refractivity contribution in [2.45, 2.75) is 13.5 Å². The minimum absolute atomic E-state index is 0.00596. The van der Waals surface area contributed by atoms with E-state index < -0.39 is 0 Å². The Kier molecular flexibility index (Phi) is 6.06. The molecule has 144 valence electrons. The van der Waals surface area contributed by atoms with Crippen LogP contribution in [0.5, 0.6) is 5.75 Å². The number of likely N-dealkylation sites (N-methyl/N-ethyl adjacent to an activating group) is 1. The maximum Gasteiger partial charge on any atom is 0.238 e. The molecule has 0 aliphatic carbocycles. The SMILES string of the molecule is COc1ccc2cc(CN(C)CC(=O)Nc3ccc(C(C)=O)cc3)ccc2c1. The van der Waals surface area contributed by atoms with Crippen LogP contribution in [0.25, 0.3) is 10.8 Å². The van der Waals surface area contributed by atoms with Crippen LogP contribution in [-0.4, -0.2) is 37.3 Å². The lowest BCUT2D eigenvalue weighted by Crippen LogP contribution is -2.29. The number of carbonyl (C=O) groups excluding carboxylic acids is 2. The molecule has 0 fully saturated rings. The number of benzene rings is 3. The van der Waals surface area contributed by atoms with E-state index in [0.717, 1.165) is 22.1 Å². The van der Waals surface area contributed by atoms with E-state index in [2.05, 4.69) is 23.5 Å². The van der Waals surface area contributed by atoms with Gasteiger partial charge in [-0.15, -0.1) is 0 Å². The molecule has 0 saturated carbocycles. The first kappa shape index (κ1) is 19.6. The summed E-state index contributed by atoms with van der Waals surface area (Å²) in [6.07, 6.45) is 0. The molecule has 1 N–H and O–H groups in total. The van der Waals surface area contributed by atoms with E-state index in [1.165, 1.54) is 6.92 Å². The smallest absolute Gasteiger partial charge is 0.238 e. The number of nitrogens with zero attached hydrogens (tertiary/aromatic N) is 1. The summed E-state index contributed by atoms with van der Waals surface area (Å²) in [5, 5.41) is 5.12. The standard InChI is InChI=1S/C23H24N2O3/c1-16(26)18-6-9-21(10-7-18)24-23(27)15-25(2)14-17-4-5-20-13-22(28-3)11-8-19(20)12-17/h4-13H,14-15H2,1-3H3,(H,24,27). The molecule has 0 saturated heterocycles. The molecular formula is C23H24N2O3. The van der Waals surface area contributed by atoms with Gasteiger partial charge in [-0.1, -0.05) is 18.2 Å². The van der Waals surface area contributed by atoms with Crippen LogP contribution in [0.1, 0.15) is 22.8 Å². The van der Waals surface area contributed by atoms with Gasteiger partial charge in [0.15, 0.2) is 5.78 Å². The molecule has 3 aromatic carbocycles. The van der Waals surface area contributed by atoms with Gasteiger partial charge in [-0.2, -0.15) is 0 Å². The van der Waals surface area contributed by atoms with E-state index >= 15 is 0 Å². The summed E-state index contributed by atoms with van der Waals surface area (Å²) in [5.74, 6) is 0.750. The molecule has 0 heterocycles. The Morgan fingerprint density at radius 1 is 0.964 bits per heavy atom. The van der Waals surface area contributed by atoms with Crippen molar-refractivity contribution in [1.29, 1.82) is 0 Å². The minimum atomic E-state index is -0.0939. The molecule has 0 unspecified atom stereocenters. The number of amides is 1. The Hall–Kier alpha value is -3.18. The van der Waals surface area contributed by atoms with E-state index in [0.29, 0.717) is 17.8 Å². The van der Waals surface area contributed by atoms with Gasteiger partial charge in [-0.3, -0.25) is 14.5 Å². The first-order chi connectivity index (χ1) is 13.4. The number of methoxy groups -OCH3 is 1. The van der Waals surface area contributed by atoms with Crippen molar-refractivity contribution >= 4 is 28.2 Å². The molecule has 1 amide bonds. The highest BCUT2D eigenvalue weighted by Gasteiger charge is 2.09. The van der Waals surface area contributed by atoms with Gasteiger partial charge in [0.05, 0.1) is 13.7 Å². The predicted octanol–water partition coefficient (Wildman–Crippen LogP) is 4.12. The molecule has 5 nitrogen and oxygen atoms in total. The van der Waals surface area contributed by atoms with Crippen molar-refractivity contribution in [2.75, 3.05) is 26.0 Å². The fraction of sp³-hybridized carbons (Fsp3) is 0.217. The molecule has 3 aromatic rings. The van der Waals surface area contributed by atoms with Crippen LogP contribution in [0.15, 0.2) is 60.7 Å². The first-order valence-corrected chi connectivity index (χ1v) is 9.10. The normalized spacial score (nSPS) is 10.9. The number of fused-ring (bicyclic) bond motifs is 1. The highest BCUT2D eigenvalue weighted by molar-refractivity contribution is 5.96. The van der Waals surface area contributed by atoms with Crippen LogP contribution in [0.3, 0.4) is 0 Å². The zero-order valence-electron chi connectivity index (χ0n) is 16.4. The number of rotatable bonds is 7. The molecule has 0 radical (unpaired) electrons. The topological polar surface area (TPSA) is 58.6 Å². The highest BCUT2D eigenvalue weighted by atomic mass is 16.5. The largest absolute Gasteiger partial charge is 0.497 e. The Labute approximate surface area is 164 Å². The van der Waals surface area contributed by atoms with Gasteiger partial charge < -0.3 is 10.1 Å². The number of hydrogen-bond acceptors (Lipinski definition) is 4. The van der Waals surface area contributed by atoms with Crippen LogP contribution in [0.4, 0.5) is 5.69 Å². The van der Waals surface area contributed by atoms with Gasteiger partial charge in [-0.05, 0) is 72.8 Å². The summed E-state index contributed by atoms with van der Waals surface area (Å²) < 4.78 is 5.26. The lowest BCUT2D eigenvalue weighted by atomic mass is 10.1. The van der Waals surface area contributed by atoms with Crippen molar-refractivity contribution in [3.8, 4) is 5.75 Å². The number of ketones is 1. The number of nitrogens with one attached hydrogen (secondary N) is 1. The number of carbonyl (C=O) groups is 2. The summed E-state index contributed by atoms with van der Waals surface area (Å²) in [6, 6.07) is 19.2. The average molecular weight is 376 g/mol. The Morgan fingerprint density at radius 2 is 1.64 bits per heavy atom. The number of anilines is 1. The van der Waals surface area contributed by atoms with E-state index in [-0.39, 0.29) is 18.2 Å². The summed E-state index contributed by atoms with van der Waals surface area (Å²) in [7, 11) is 3.57. The van der Waals surface area contributed by atoms with Crippen LogP contribution in [0, 0.1) is 0 Å². The second-order valence-corrected chi connectivity index (χ2v) is 6.90.